The molecule has 0 aromatic rings. The van der Waals surface area contributed by atoms with Crippen LogP contribution in [0.15, 0.2) is 0 Å². The number of nitrogens with one attached hydrogen (secondary N) is 1. The topological polar surface area (TPSA) is 52.6 Å². The maximum absolute atomic E-state index is 10.9. The van der Waals surface area contributed by atoms with Gasteiger partial charge in [0.05, 0.1) is 6.54 Å². The molecule has 4 nitrogen and oxygen atoms in total. The van der Waals surface area contributed by atoms with Crippen LogP contribution in [0.25, 0.3) is 0 Å². The molecule has 2 aliphatic rings. The van der Waals surface area contributed by atoms with Crippen LogP contribution in [0, 0.1) is 11.8 Å². The van der Waals surface area contributed by atoms with Gasteiger partial charge in [-0.1, -0.05) is 26.2 Å². The fraction of sp³-hybridized carbons (Fsp3) is 0.938. The average molecular weight is 282 g/mol. The number of rotatable bonds is 7. The van der Waals surface area contributed by atoms with Gasteiger partial charge in [-0.15, -0.1) is 0 Å². The van der Waals surface area contributed by atoms with Crippen LogP contribution in [-0.4, -0.2) is 48.2 Å². The van der Waals surface area contributed by atoms with E-state index in [1.54, 1.807) is 0 Å². The Bertz CT molecular complexity index is 303. The van der Waals surface area contributed by atoms with Gasteiger partial charge in [0.1, 0.15) is 0 Å². The second-order valence-electron chi connectivity index (χ2n) is 6.73. The summed E-state index contributed by atoms with van der Waals surface area (Å²) in [5.74, 6) is 0.820. The molecule has 1 aliphatic heterocycles. The maximum atomic E-state index is 10.9. The number of hydrogen-bond acceptors (Lipinski definition) is 3. The molecule has 2 N–H and O–H groups in total. The highest BCUT2D eigenvalue weighted by atomic mass is 16.4. The molecule has 1 saturated heterocycles. The molecule has 2 unspecified atom stereocenters. The molecule has 0 aromatic carbocycles. The van der Waals surface area contributed by atoms with Crippen molar-refractivity contribution >= 4 is 5.97 Å². The highest BCUT2D eigenvalue weighted by Gasteiger charge is 2.28. The first-order valence-corrected chi connectivity index (χ1v) is 8.35. The molecule has 116 valence electrons. The summed E-state index contributed by atoms with van der Waals surface area (Å²) in [6.45, 7) is 5.41. The quantitative estimate of drug-likeness (QED) is 0.752. The summed E-state index contributed by atoms with van der Waals surface area (Å²) in [5, 5.41) is 12.7. The highest BCUT2D eigenvalue weighted by Crippen LogP contribution is 2.25. The number of aliphatic carboxylic acids is 1. The molecule has 2 atom stereocenters. The van der Waals surface area contributed by atoms with Crippen LogP contribution < -0.4 is 5.32 Å². The van der Waals surface area contributed by atoms with Crippen molar-refractivity contribution in [3.63, 3.8) is 0 Å². The van der Waals surface area contributed by atoms with Crippen LogP contribution in [0.3, 0.4) is 0 Å². The number of hydrogen-bond donors (Lipinski definition) is 2. The fourth-order valence-electron chi connectivity index (χ4n) is 3.94. The van der Waals surface area contributed by atoms with Gasteiger partial charge in [-0.05, 0) is 44.1 Å². The second kappa shape index (κ2) is 7.99. The van der Waals surface area contributed by atoms with Crippen LogP contribution in [-0.2, 0) is 4.79 Å². The maximum Gasteiger partial charge on any atom is 0.317 e. The Kier molecular flexibility index (Phi) is 6.30. The first-order chi connectivity index (χ1) is 9.67. The second-order valence-corrected chi connectivity index (χ2v) is 6.73. The largest absolute Gasteiger partial charge is 0.480 e. The predicted molar refractivity (Wildman–Crippen MR) is 80.8 cm³/mol. The molecule has 0 amide bonds. The van der Waals surface area contributed by atoms with Crippen molar-refractivity contribution in [2.45, 2.75) is 57.9 Å². The summed E-state index contributed by atoms with van der Waals surface area (Å²) < 4.78 is 0. The van der Waals surface area contributed by atoms with Gasteiger partial charge in [0.15, 0.2) is 0 Å². The van der Waals surface area contributed by atoms with E-state index in [4.69, 9.17) is 5.11 Å². The summed E-state index contributed by atoms with van der Waals surface area (Å²) in [5.41, 5.74) is 0. The third-order valence-electron chi connectivity index (χ3n) is 4.84. The minimum atomic E-state index is -0.698. The molecular formula is C16H30N2O2. The van der Waals surface area contributed by atoms with Gasteiger partial charge in [-0.25, -0.2) is 0 Å². The van der Waals surface area contributed by atoms with Crippen LogP contribution >= 0.6 is 0 Å². The lowest BCUT2D eigenvalue weighted by atomic mass is 9.90. The zero-order valence-corrected chi connectivity index (χ0v) is 12.8. The van der Waals surface area contributed by atoms with Gasteiger partial charge < -0.3 is 10.4 Å². The van der Waals surface area contributed by atoms with Gasteiger partial charge in [0.25, 0.3) is 0 Å². The summed E-state index contributed by atoms with van der Waals surface area (Å²) in [6.07, 6.45) is 9.16. The molecule has 0 spiro atoms. The first-order valence-electron chi connectivity index (χ1n) is 8.35. The number of nitrogens with zero attached hydrogens (tertiary/aromatic N) is 1. The molecule has 1 aliphatic carbocycles. The summed E-state index contributed by atoms with van der Waals surface area (Å²) in [6, 6.07) is 0.486. The van der Waals surface area contributed by atoms with Crippen molar-refractivity contribution in [2.75, 3.05) is 26.2 Å². The minimum absolute atomic E-state index is 0.196. The molecular weight excluding hydrogens is 252 g/mol. The fourth-order valence-corrected chi connectivity index (χ4v) is 3.94. The van der Waals surface area contributed by atoms with Crippen molar-refractivity contribution in [1.82, 2.24) is 10.2 Å². The molecule has 4 heteroatoms. The normalized spacial score (nSPS) is 28.9. The van der Waals surface area contributed by atoms with Crippen molar-refractivity contribution < 1.29 is 9.90 Å². The van der Waals surface area contributed by atoms with Gasteiger partial charge in [-0.3, -0.25) is 9.69 Å². The van der Waals surface area contributed by atoms with E-state index in [2.05, 4.69) is 17.1 Å². The Balaban J connectivity index is 1.80. The lowest BCUT2D eigenvalue weighted by Gasteiger charge is -2.38. The average Bonchev–Trinajstić information content (AvgIpc) is 2.89. The lowest BCUT2D eigenvalue weighted by molar-refractivity contribution is -0.138. The molecule has 2 rings (SSSR count). The smallest absolute Gasteiger partial charge is 0.317 e. The molecule has 0 bridgehead atoms. The van der Waals surface area contributed by atoms with E-state index < -0.39 is 5.97 Å². The third-order valence-corrected chi connectivity index (χ3v) is 4.84. The van der Waals surface area contributed by atoms with E-state index in [9.17, 15) is 4.79 Å². The molecule has 1 saturated carbocycles. The Hall–Kier alpha value is -0.610. The van der Waals surface area contributed by atoms with Crippen molar-refractivity contribution in [2.24, 2.45) is 11.8 Å². The van der Waals surface area contributed by atoms with E-state index >= 15 is 0 Å². The summed E-state index contributed by atoms with van der Waals surface area (Å²) in [4.78, 5) is 13.1. The van der Waals surface area contributed by atoms with E-state index in [1.807, 2.05) is 0 Å². The SMILES string of the molecule is CCCC1CC(NCC2CCCC2)CN(CC(=O)O)C1. The minimum Gasteiger partial charge on any atom is -0.480 e. The standard InChI is InChI=1S/C16H30N2O2/c1-2-5-14-8-15(11-18(10-14)12-16(19)20)17-9-13-6-3-4-7-13/h13-15,17H,2-12H2,1H3,(H,19,20). The van der Waals surface area contributed by atoms with Gasteiger partial charge >= 0.3 is 5.97 Å². The van der Waals surface area contributed by atoms with Crippen LogP contribution in [0.4, 0.5) is 0 Å². The number of carboxylic acid groups (broad SMARTS) is 1. The van der Waals surface area contributed by atoms with E-state index in [-0.39, 0.29) is 6.54 Å². The zero-order chi connectivity index (χ0) is 14.4. The van der Waals surface area contributed by atoms with Gasteiger partial charge in [-0.2, -0.15) is 0 Å². The lowest BCUT2D eigenvalue weighted by Crippen LogP contribution is -2.51. The van der Waals surface area contributed by atoms with Gasteiger partial charge in [0.2, 0.25) is 0 Å². The van der Waals surface area contributed by atoms with E-state index in [0.717, 1.165) is 25.6 Å². The van der Waals surface area contributed by atoms with Crippen molar-refractivity contribution in [3.8, 4) is 0 Å². The van der Waals surface area contributed by atoms with Gasteiger partial charge in [0, 0.05) is 19.1 Å². The first kappa shape index (κ1) is 15.8. The monoisotopic (exact) mass is 282 g/mol. The third kappa shape index (κ3) is 5.06. The summed E-state index contributed by atoms with van der Waals surface area (Å²) in [7, 11) is 0. The highest BCUT2D eigenvalue weighted by molar-refractivity contribution is 5.69. The molecule has 20 heavy (non-hydrogen) atoms. The number of piperidine rings is 1. The van der Waals surface area contributed by atoms with E-state index in [0.29, 0.717) is 12.0 Å². The van der Waals surface area contributed by atoms with E-state index in [1.165, 1.54) is 44.9 Å². The molecule has 2 fully saturated rings. The predicted octanol–water partition coefficient (Wildman–Crippen LogP) is 2.34. The van der Waals surface area contributed by atoms with Crippen LogP contribution in [0.2, 0.25) is 0 Å². The molecule has 1 heterocycles. The Morgan fingerprint density at radius 3 is 2.65 bits per heavy atom. The molecule has 0 aromatic heterocycles. The zero-order valence-electron chi connectivity index (χ0n) is 12.8. The number of likely N-dealkylation sites (tertiary alicyclic amines) is 1. The van der Waals surface area contributed by atoms with Crippen LogP contribution in [0.1, 0.15) is 51.9 Å². The Morgan fingerprint density at radius 1 is 1.25 bits per heavy atom. The number of carboxylic acids is 1. The molecule has 0 radical (unpaired) electrons. The number of carbonyl (C=O) groups is 1. The Labute approximate surface area is 122 Å². The summed E-state index contributed by atoms with van der Waals surface area (Å²) >= 11 is 0. The van der Waals surface area contributed by atoms with Crippen LogP contribution in [0.5, 0.6) is 0 Å². The Morgan fingerprint density at radius 2 is 2.00 bits per heavy atom. The van der Waals surface area contributed by atoms with Crippen molar-refractivity contribution in [3.05, 3.63) is 0 Å². The van der Waals surface area contributed by atoms with Crippen molar-refractivity contribution in [1.29, 1.82) is 0 Å².